The van der Waals surface area contributed by atoms with E-state index < -0.39 is 5.97 Å². The first-order chi connectivity index (χ1) is 3.68. The molecule has 0 radical (unpaired) electrons. The van der Waals surface area contributed by atoms with Crippen LogP contribution in [0.25, 0.3) is 0 Å². The normalized spacial score (nSPS) is 6.88. The lowest BCUT2D eigenvalue weighted by Crippen LogP contribution is -1.86. The quantitative estimate of drug-likeness (QED) is 0.593. The average Bonchev–Trinajstić information content (AvgIpc) is 1.69. The number of aliphatic carboxylic acids is 1. The zero-order valence-electron chi connectivity index (χ0n) is 4.53. The molecule has 0 aliphatic heterocycles. The first-order valence-electron chi connectivity index (χ1n) is 2.02. The summed E-state index contributed by atoms with van der Waals surface area (Å²) in [6.07, 6.45) is 0.222. The van der Waals surface area contributed by atoms with E-state index >= 15 is 0 Å². The second kappa shape index (κ2) is 10.1. The smallest absolute Gasteiger partial charge is 0.303 e. The topological polar surface area (TPSA) is 37.3 Å². The van der Waals surface area contributed by atoms with Gasteiger partial charge in [0.2, 0.25) is 0 Å². The molecule has 0 aliphatic carbocycles. The molecule has 0 amide bonds. The van der Waals surface area contributed by atoms with E-state index in [1.54, 1.807) is 6.92 Å². The highest BCUT2D eigenvalue weighted by Gasteiger charge is 1.80. The van der Waals surface area contributed by atoms with Gasteiger partial charge in [-0.05, 0) is 0 Å². The lowest BCUT2D eigenvalue weighted by atomic mass is 10.5. The molecule has 50 valence electrons. The maximum Gasteiger partial charge on any atom is 0.303 e. The van der Waals surface area contributed by atoms with Gasteiger partial charge in [-0.15, -0.1) is 23.2 Å². The van der Waals surface area contributed by atoms with Gasteiger partial charge in [-0.1, -0.05) is 6.92 Å². The second-order valence-corrected chi connectivity index (χ2v) is 1.66. The maximum atomic E-state index is 9.37. The number of carboxylic acid groups (broad SMARTS) is 1. The summed E-state index contributed by atoms with van der Waals surface area (Å²) in [7, 11) is 0. The predicted octanol–water partition coefficient (Wildman–Crippen LogP) is 1.90. The van der Waals surface area contributed by atoms with Gasteiger partial charge in [-0.3, -0.25) is 4.79 Å². The maximum absolute atomic E-state index is 9.37. The Bertz CT molecular complexity index is 56.0. The second-order valence-electron chi connectivity index (χ2n) is 0.848. The van der Waals surface area contributed by atoms with E-state index in [1.165, 1.54) is 0 Å². The van der Waals surface area contributed by atoms with Crippen molar-refractivity contribution >= 4 is 29.2 Å². The third-order valence-corrected chi connectivity index (χ3v) is 0.302. The van der Waals surface area contributed by atoms with Crippen LogP contribution in [-0.2, 0) is 4.79 Å². The predicted molar refractivity (Wildman–Crippen MR) is 34.5 cm³/mol. The lowest BCUT2D eigenvalue weighted by molar-refractivity contribution is -0.136. The fourth-order valence-electron chi connectivity index (χ4n) is 0. The summed E-state index contributed by atoms with van der Waals surface area (Å²) < 4.78 is 0. The van der Waals surface area contributed by atoms with Crippen molar-refractivity contribution in [1.82, 2.24) is 0 Å². The Morgan fingerprint density at radius 2 is 1.75 bits per heavy atom. The van der Waals surface area contributed by atoms with Gasteiger partial charge in [-0.25, -0.2) is 0 Å². The molecule has 0 spiro atoms. The van der Waals surface area contributed by atoms with E-state index in [2.05, 4.69) is 0 Å². The Hall–Kier alpha value is 0.0500. The third-order valence-electron chi connectivity index (χ3n) is 0.302. The number of halogens is 2. The van der Waals surface area contributed by atoms with Crippen LogP contribution in [0.2, 0.25) is 0 Å². The Labute approximate surface area is 58.4 Å². The molecule has 0 saturated carbocycles. The van der Waals surface area contributed by atoms with E-state index in [0.29, 0.717) is 0 Å². The van der Waals surface area contributed by atoms with Crippen LogP contribution in [0.3, 0.4) is 0 Å². The molecule has 2 nitrogen and oxygen atoms in total. The monoisotopic (exact) mass is 158 g/mol. The molecular formula is C4H8Cl2O2. The highest BCUT2D eigenvalue weighted by molar-refractivity contribution is 6.40. The molecule has 0 aliphatic rings. The number of hydrogen-bond donors (Lipinski definition) is 1. The number of rotatable bonds is 1. The largest absolute Gasteiger partial charge is 0.481 e. The zero-order chi connectivity index (χ0) is 6.99. The van der Waals surface area contributed by atoms with Crippen LogP contribution in [0.15, 0.2) is 0 Å². The van der Waals surface area contributed by atoms with Crippen molar-refractivity contribution in [2.24, 2.45) is 0 Å². The van der Waals surface area contributed by atoms with Gasteiger partial charge in [0.05, 0.1) is 5.34 Å². The molecule has 0 aromatic rings. The Balaban J connectivity index is 0. The summed E-state index contributed by atoms with van der Waals surface area (Å²) in [5.74, 6) is -0.745. The molecule has 0 heterocycles. The zero-order valence-corrected chi connectivity index (χ0v) is 6.04. The summed E-state index contributed by atoms with van der Waals surface area (Å²) in [5.41, 5.74) is 0. The van der Waals surface area contributed by atoms with Crippen LogP contribution in [0.5, 0.6) is 0 Å². The molecule has 1 N–H and O–H groups in total. The number of carboxylic acids is 1. The molecule has 0 saturated heterocycles. The van der Waals surface area contributed by atoms with Gasteiger partial charge in [0.1, 0.15) is 0 Å². The minimum atomic E-state index is -0.745. The highest BCUT2D eigenvalue weighted by Crippen LogP contribution is 1.73. The molecule has 0 aromatic carbocycles. The summed E-state index contributed by atoms with van der Waals surface area (Å²) in [6, 6.07) is 0. The summed E-state index contributed by atoms with van der Waals surface area (Å²) in [4.78, 5) is 9.37. The van der Waals surface area contributed by atoms with E-state index in [9.17, 15) is 4.79 Å². The molecule has 4 heteroatoms. The minimum absolute atomic E-state index is 0.194. The molecular weight excluding hydrogens is 151 g/mol. The molecule has 0 bridgehead atoms. The van der Waals surface area contributed by atoms with Crippen molar-refractivity contribution in [3.05, 3.63) is 0 Å². The van der Waals surface area contributed by atoms with Gasteiger partial charge in [0.25, 0.3) is 0 Å². The molecule has 0 rings (SSSR count). The Morgan fingerprint density at radius 3 is 1.75 bits per heavy atom. The third kappa shape index (κ3) is 36.7. The molecule has 0 fully saturated rings. The van der Waals surface area contributed by atoms with Crippen molar-refractivity contribution in [3.8, 4) is 0 Å². The van der Waals surface area contributed by atoms with Crippen LogP contribution >= 0.6 is 23.2 Å². The summed E-state index contributed by atoms with van der Waals surface area (Å²) >= 11 is 9.53. The fraction of sp³-hybridized carbons (Fsp3) is 0.750. The van der Waals surface area contributed by atoms with Gasteiger partial charge < -0.3 is 5.11 Å². The van der Waals surface area contributed by atoms with Crippen LogP contribution in [0.1, 0.15) is 13.3 Å². The van der Waals surface area contributed by atoms with Crippen molar-refractivity contribution in [2.75, 3.05) is 5.34 Å². The van der Waals surface area contributed by atoms with Gasteiger partial charge in [-0.2, -0.15) is 0 Å². The number of carbonyl (C=O) groups is 1. The van der Waals surface area contributed by atoms with Crippen molar-refractivity contribution in [2.45, 2.75) is 13.3 Å². The van der Waals surface area contributed by atoms with E-state index in [1.807, 2.05) is 0 Å². The van der Waals surface area contributed by atoms with Crippen LogP contribution < -0.4 is 0 Å². The van der Waals surface area contributed by atoms with E-state index in [-0.39, 0.29) is 11.8 Å². The van der Waals surface area contributed by atoms with Crippen LogP contribution in [0, 0.1) is 0 Å². The summed E-state index contributed by atoms with van der Waals surface area (Å²) in [6.45, 7) is 1.60. The van der Waals surface area contributed by atoms with Crippen LogP contribution in [0.4, 0.5) is 0 Å². The molecule has 0 aromatic heterocycles. The van der Waals surface area contributed by atoms with Gasteiger partial charge >= 0.3 is 5.97 Å². The molecule has 8 heavy (non-hydrogen) atoms. The average molecular weight is 159 g/mol. The van der Waals surface area contributed by atoms with Crippen molar-refractivity contribution < 1.29 is 9.90 Å². The van der Waals surface area contributed by atoms with Crippen LogP contribution in [-0.4, -0.2) is 16.4 Å². The van der Waals surface area contributed by atoms with Gasteiger partial charge in [0.15, 0.2) is 0 Å². The number of alkyl halides is 2. The van der Waals surface area contributed by atoms with Crippen molar-refractivity contribution in [3.63, 3.8) is 0 Å². The first-order valence-corrected chi connectivity index (χ1v) is 3.09. The molecule has 0 atom stereocenters. The Morgan fingerprint density at radius 1 is 1.62 bits per heavy atom. The highest BCUT2D eigenvalue weighted by atomic mass is 35.5. The van der Waals surface area contributed by atoms with E-state index in [4.69, 9.17) is 28.3 Å². The molecule has 0 unspecified atom stereocenters. The number of hydrogen-bond acceptors (Lipinski definition) is 1. The minimum Gasteiger partial charge on any atom is -0.481 e. The van der Waals surface area contributed by atoms with Gasteiger partial charge in [0, 0.05) is 6.42 Å². The van der Waals surface area contributed by atoms with E-state index in [0.717, 1.165) is 0 Å². The van der Waals surface area contributed by atoms with Crippen molar-refractivity contribution in [1.29, 1.82) is 0 Å². The summed E-state index contributed by atoms with van der Waals surface area (Å²) in [5, 5.41) is 7.92. The fourth-order valence-corrected chi connectivity index (χ4v) is 0. The lowest BCUT2D eigenvalue weighted by Gasteiger charge is -1.71. The SMILES string of the molecule is CCC(=O)O.ClCCl. The first kappa shape index (κ1) is 10.9. The Kier molecular flexibility index (Phi) is 13.8. The standard InChI is InChI=1S/C3H6O2.CH2Cl2/c1-2-3(4)5;2-1-3/h2H2,1H3,(H,4,5);1H2.